The second-order valence-electron chi connectivity index (χ2n) is 5.86. The summed E-state index contributed by atoms with van der Waals surface area (Å²) >= 11 is 1.92. The Morgan fingerprint density at radius 3 is 2.42 bits per heavy atom. The second-order valence-corrected chi connectivity index (χ2v) is 7.01. The van der Waals surface area contributed by atoms with Crippen molar-refractivity contribution < 1.29 is 13.2 Å². The smallest absolute Gasteiger partial charge is 0.329 e. The second kappa shape index (κ2) is 5.82. The summed E-state index contributed by atoms with van der Waals surface area (Å²) in [5.41, 5.74) is 5.76. The third-order valence-electron chi connectivity index (χ3n) is 4.74. The van der Waals surface area contributed by atoms with Crippen molar-refractivity contribution in [1.29, 1.82) is 0 Å². The van der Waals surface area contributed by atoms with Gasteiger partial charge in [-0.1, -0.05) is 0 Å². The number of thioether (sulfide) groups is 1. The summed E-state index contributed by atoms with van der Waals surface area (Å²) in [5.74, 6) is 1.00. The summed E-state index contributed by atoms with van der Waals surface area (Å²) in [4.78, 5) is 2.39. The van der Waals surface area contributed by atoms with Crippen LogP contribution in [0.3, 0.4) is 0 Å². The highest BCUT2D eigenvalue weighted by molar-refractivity contribution is 7.99. The van der Waals surface area contributed by atoms with Crippen LogP contribution in [-0.2, 0) is 0 Å². The van der Waals surface area contributed by atoms with E-state index < -0.39 is 12.1 Å². The lowest BCUT2D eigenvalue weighted by atomic mass is 9.74. The number of rotatable bonds is 2. The molecule has 1 unspecified atom stereocenters. The number of hydrogen-bond acceptors (Lipinski definition) is 3. The average Bonchev–Trinajstić information content (AvgIpc) is 2.38. The quantitative estimate of drug-likeness (QED) is 0.849. The molecule has 6 heteroatoms. The van der Waals surface area contributed by atoms with E-state index in [4.69, 9.17) is 5.73 Å². The van der Waals surface area contributed by atoms with Crippen LogP contribution >= 0.6 is 11.8 Å². The van der Waals surface area contributed by atoms with Gasteiger partial charge in [0, 0.05) is 36.2 Å². The van der Waals surface area contributed by atoms with Gasteiger partial charge in [0.2, 0.25) is 0 Å². The summed E-state index contributed by atoms with van der Waals surface area (Å²) < 4.78 is 38.3. The van der Waals surface area contributed by atoms with E-state index in [0.717, 1.165) is 18.1 Å². The first kappa shape index (κ1) is 15.4. The summed E-state index contributed by atoms with van der Waals surface area (Å²) in [6, 6.07) is 0.421. The Morgan fingerprint density at radius 2 is 1.95 bits per heavy atom. The fraction of sp³-hybridized carbons (Fsp3) is 1.00. The van der Waals surface area contributed by atoms with Gasteiger partial charge in [-0.15, -0.1) is 0 Å². The number of alkyl halides is 3. The predicted octanol–water partition coefficient (Wildman–Crippen LogP) is 2.87. The van der Waals surface area contributed by atoms with E-state index in [2.05, 4.69) is 11.8 Å². The molecular weight excluding hydrogens is 273 g/mol. The first-order valence-electron chi connectivity index (χ1n) is 7.00. The summed E-state index contributed by atoms with van der Waals surface area (Å²) in [5, 5.41) is 0. The molecule has 0 aromatic rings. The van der Waals surface area contributed by atoms with E-state index in [1.807, 2.05) is 11.8 Å². The molecule has 0 spiro atoms. The first-order valence-corrected chi connectivity index (χ1v) is 8.16. The van der Waals surface area contributed by atoms with Gasteiger partial charge in [0.1, 0.15) is 0 Å². The molecule has 1 aliphatic carbocycles. The van der Waals surface area contributed by atoms with Crippen molar-refractivity contribution in [2.75, 3.05) is 24.6 Å². The van der Waals surface area contributed by atoms with Gasteiger partial charge < -0.3 is 5.73 Å². The zero-order valence-corrected chi connectivity index (χ0v) is 12.2. The highest BCUT2D eigenvalue weighted by atomic mass is 32.2. The lowest BCUT2D eigenvalue weighted by molar-refractivity contribution is -0.189. The van der Waals surface area contributed by atoms with Crippen LogP contribution in [0.1, 0.15) is 32.6 Å². The molecular formula is C13H23F3N2S. The molecule has 0 amide bonds. The van der Waals surface area contributed by atoms with Gasteiger partial charge in [0.25, 0.3) is 0 Å². The maximum atomic E-state index is 12.8. The monoisotopic (exact) mass is 296 g/mol. The van der Waals surface area contributed by atoms with Crippen LogP contribution in [0.2, 0.25) is 0 Å². The van der Waals surface area contributed by atoms with Crippen LogP contribution in [0.25, 0.3) is 0 Å². The number of hydrogen-bond donors (Lipinski definition) is 1. The molecule has 0 radical (unpaired) electrons. The molecule has 1 saturated carbocycles. The Morgan fingerprint density at radius 1 is 1.32 bits per heavy atom. The molecule has 2 aliphatic rings. The van der Waals surface area contributed by atoms with Crippen molar-refractivity contribution >= 4 is 11.8 Å². The molecule has 1 aliphatic heterocycles. The van der Waals surface area contributed by atoms with Crippen LogP contribution in [0.4, 0.5) is 13.2 Å². The van der Waals surface area contributed by atoms with Crippen LogP contribution in [0, 0.1) is 5.92 Å². The lowest BCUT2D eigenvalue weighted by Crippen LogP contribution is -2.61. The maximum absolute atomic E-state index is 12.8. The SMILES string of the molecule is CC1CSCCN1C1(CN)CCC(C(F)(F)F)CC1. The molecule has 19 heavy (non-hydrogen) atoms. The minimum absolute atomic E-state index is 0.192. The van der Waals surface area contributed by atoms with Gasteiger partial charge in [-0.25, -0.2) is 0 Å². The molecule has 2 fully saturated rings. The van der Waals surface area contributed by atoms with Crippen LogP contribution in [0.15, 0.2) is 0 Å². The topological polar surface area (TPSA) is 29.3 Å². The largest absolute Gasteiger partial charge is 0.391 e. The predicted molar refractivity (Wildman–Crippen MR) is 73.3 cm³/mol. The first-order chi connectivity index (χ1) is 8.89. The Kier molecular flexibility index (Phi) is 4.73. The molecule has 1 saturated heterocycles. The summed E-state index contributed by atoms with van der Waals surface area (Å²) in [6.07, 6.45) is -2.40. The Balaban J connectivity index is 2.05. The molecule has 0 aromatic heterocycles. The fourth-order valence-corrected chi connectivity index (χ4v) is 4.54. The zero-order chi connectivity index (χ0) is 14.1. The Bertz CT molecular complexity index is 301. The normalized spacial score (nSPS) is 38.4. The third-order valence-corrected chi connectivity index (χ3v) is 5.93. The van der Waals surface area contributed by atoms with Crippen LogP contribution in [-0.4, -0.2) is 47.3 Å². The van der Waals surface area contributed by atoms with Gasteiger partial charge in [0.05, 0.1) is 5.92 Å². The number of nitrogens with two attached hydrogens (primary N) is 1. The lowest BCUT2D eigenvalue weighted by Gasteiger charge is -2.51. The van der Waals surface area contributed by atoms with E-state index in [9.17, 15) is 13.2 Å². The highest BCUT2D eigenvalue weighted by Crippen LogP contribution is 2.44. The molecule has 2 nitrogen and oxygen atoms in total. The van der Waals surface area contributed by atoms with Crippen LogP contribution in [0.5, 0.6) is 0 Å². The Hall–Kier alpha value is 0.0600. The zero-order valence-electron chi connectivity index (χ0n) is 11.4. The van der Waals surface area contributed by atoms with E-state index in [1.54, 1.807) is 0 Å². The highest BCUT2D eigenvalue weighted by Gasteiger charge is 2.48. The molecule has 1 heterocycles. The number of halogens is 3. The van der Waals surface area contributed by atoms with E-state index >= 15 is 0 Å². The molecule has 2 rings (SSSR count). The van der Waals surface area contributed by atoms with Gasteiger partial charge in [-0.3, -0.25) is 4.90 Å². The van der Waals surface area contributed by atoms with Crippen molar-refractivity contribution in [3.63, 3.8) is 0 Å². The third kappa shape index (κ3) is 3.22. The van der Waals surface area contributed by atoms with Crippen molar-refractivity contribution in [3.05, 3.63) is 0 Å². The van der Waals surface area contributed by atoms with E-state index in [0.29, 0.717) is 25.4 Å². The van der Waals surface area contributed by atoms with Crippen molar-refractivity contribution in [2.45, 2.75) is 50.4 Å². The fourth-order valence-electron chi connectivity index (χ4n) is 3.52. The van der Waals surface area contributed by atoms with Crippen LogP contribution < -0.4 is 5.73 Å². The molecule has 112 valence electrons. The van der Waals surface area contributed by atoms with Gasteiger partial charge in [0.15, 0.2) is 0 Å². The summed E-state index contributed by atoms with van der Waals surface area (Å²) in [7, 11) is 0. The number of nitrogens with zero attached hydrogens (tertiary/aromatic N) is 1. The summed E-state index contributed by atoms with van der Waals surface area (Å²) in [6.45, 7) is 3.60. The Labute approximate surface area is 117 Å². The van der Waals surface area contributed by atoms with Gasteiger partial charge >= 0.3 is 6.18 Å². The van der Waals surface area contributed by atoms with Crippen molar-refractivity contribution in [1.82, 2.24) is 4.90 Å². The maximum Gasteiger partial charge on any atom is 0.391 e. The van der Waals surface area contributed by atoms with Crippen molar-refractivity contribution in [3.8, 4) is 0 Å². The molecule has 0 bridgehead atoms. The van der Waals surface area contributed by atoms with Crippen molar-refractivity contribution in [2.24, 2.45) is 11.7 Å². The average molecular weight is 296 g/mol. The van der Waals surface area contributed by atoms with E-state index in [-0.39, 0.29) is 18.4 Å². The van der Waals surface area contributed by atoms with Gasteiger partial charge in [-0.05, 0) is 32.6 Å². The molecule has 1 atom stereocenters. The molecule has 2 N–H and O–H groups in total. The minimum atomic E-state index is -4.04. The van der Waals surface area contributed by atoms with E-state index in [1.165, 1.54) is 0 Å². The standard InChI is InChI=1S/C13H23F3N2S/c1-10-8-19-7-6-18(10)12(9-17)4-2-11(3-5-12)13(14,15)16/h10-11H,2-9,17H2,1H3. The minimum Gasteiger partial charge on any atom is -0.329 e. The molecule has 0 aromatic carbocycles. The van der Waals surface area contributed by atoms with Gasteiger partial charge in [-0.2, -0.15) is 24.9 Å².